The van der Waals surface area contributed by atoms with E-state index in [2.05, 4.69) is 4.18 Å². The van der Waals surface area contributed by atoms with Gasteiger partial charge in [-0.15, -0.1) is 0 Å². The molecule has 0 saturated carbocycles. The monoisotopic (exact) mass is 197 g/mol. The molecule has 0 spiro atoms. The standard InChI is InChI=1S/C7H16O3S.H3N/c1-4-7(5-2)11(8,9)10-6-3;/h7H,4-6H2,1-3H3;1H3. The van der Waals surface area contributed by atoms with Crippen molar-refractivity contribution in [3.63, 3.8) is 0 Å². The normalized spacial score (nSPS) is 11.3. The van der Waals surface area contributed by atoms with Gasteiger partial charge in [-0.25, -0.2) is 0 Å². The van der Waals surface area contributed by atoms with Gasteiger partial charge in [-0.2, -0.15) is 8.42 Å². The quantitative estimate of drug-likeness (QED) is 0.680. The summed E-state index contributed by atoms with van der Waals surface area (Å²) in [5.41, 5.74) is 0. The second-order valence-corrected chi connectivity index (χ2v) is 4.23. The van der Waals surface area contributed by atoms with Crippen LogP contribution in [0.1, 0.15) is 33.6 Å². The Labute approximate surface area is 75.0 Å². The van der Waals surface area contributed by atoms with Crippen LogP contribution in [0.15, 0.2) is 0 Å². The molecular weight excluding hydrogens is 178 g/mol. The van der Waals surface area contributed by atoms with Crippen LogP contribution in [0.25, 0.3) is 0 Å². The molecule has 4 nitrogen and oxygen atoms in total. The first-order chi connectivity index (χ1) is 5.08. The summed E-state index contributed by atoms with van der Waals surface area (Å²) in [6.45, 7) is 5.62. The molecule has 5 heteroatoms. The van der Waals surface area contributed by atoms with E-state index in [9.17, 15) is 8.42 Å². The van der Waals surface area contributed by atoms with Crippen LogP contribution in [0.3, 0.4) is 0 Å². The molecule has 0 aromatic rings. The summed E-state index contributed by atoms with van der Waals surface area (Å²) in [7, 11) is -3.27. The molecule has 0 unspecified atom stereocenters. The van der Waals surface area contributed by atoms with Crippen molar-refractivity contribution in [1.82, 2.24) is 6.15 Å². The predicted octanol–water partition coefficient (Wildman–Crippen LogP) is 1.70. The largest absolute Gasteiger partial charge is 0.344 e. The zero-order valence-corrected chi connectivity index (χ0v) is 8.86. The Bertz CT molecular complexity index is 185. The maximum absolute atomic E-state index is 11.2. The third-order valence-corrected chi connectivity index (χ3v) is 3.65. The van der Waals surface area contributed by atoms with E-state index >= 15 is 0 Å². The first kappa shape index (κ1) is 14.4. The van der Waals surface area contributed by atoms with Crippen LogP contribution in [-0.4, -0.2) is 20.3 Å². The van der Waals surface area contributed by atoms with Gasteiger partial charge in [-0.05, 0) is 19.8 Å². The first-order valence-electron chi connectivity index (χ1n) is 3.96. The van der Waals surface area contributed by atoms with Crippen molar-refractivity contribution >= 4 is 10.1 Å². The zero-order chi connectivity index (χ0) is 8.91. The van der Waals surface area contributed by atoms with Crippen LogP contribution < -0.4 is 6.15 Å². The molecule has 0 heterocycles. The van der Waals surface area contributed by atoms with E-state index in [1.165, 1.54) is 0 Å². The summed E-state index contributed by atoms with van der Waals surface area (Å²) in [5.74, 6) is 0. The van der Waals surface area contributed by atoms with Crippen LogP contribution in [0.5, 0.6) is 0 Å². The van der Waals surface area contributed by atoms with Crippen molar-refractivity contribution in [2.45, 2.75) is 38.9 Å². The van der Waals surface area contributed by atoms with Gasteiger partial charge in [-0.3, -0.25) is 4.18 Å². The van der Waals surface area contributed by atoms with Gasteiger partial charge in [0, 0.05) is 0 Å². The fourth-order valence-corrected chi connectivity index (χ4v) is 2.29. The van der Waals surface area contributed by atoms with Gasteiger partial charge in [0.25, 0.3) is 10.1 Å². The van der Waals surface area contributed by atoms with Crippen LogP contribution >= 0.6 is 0 Å². The smallest absolute Gasteiger partial charge is 0.270 e. The Balaban J connectivity index is 0. The molecule has 0 aromatic carbocycles. The summed E-state index contributed by atoms with van der Waals surface area (Å²) in [6, 6.07) is 0. The highest BCUT2D eigenvalue weighted by atomic mass is 32.2. The highest BCUT2D eigenvalue weighted by molar-refractivity contribution is 7.87. The van der Waals surface area contributed by atoms with Gasteiger partial charge in [0.1, 0.15) is 0 Å². The number of hydrogen-bond donors (Lipinski definition) is 1. The predicted molar refractivity (Wildman–Crippen MR) is 49.9 cm³/mol. The van der Waals surface area contributed by atoms with Crippen molar-refractivity contribution in [2.75, 3.05) is 6.61 Å². The van der Waals surface area contributed by atoms with E-state index in [4.69, 9.17) is 0 Å². The fraction of sp³-hybridized carbons (Fsp3) is 1.00. The third-order valence-electron chi connectivity index (χ3n) is 1.60. The molecule has 0 atom stereocenters. The number of hydrogen-bond acceptors (Lipinski definition) is 4. The first-order valence-corrected chi connectivity index (χ1v) is 5.43. The van der Waals surface area contributed by atoms with Gasteiger partial charge < -0.3 is 6.15 Å². The van der Waals surface area contributed by atoms with Crippen LogP contribution in [0.4, 0.5) is 0 Å². The average Bonchev–Trinajstić information content (AvgIpc) is 1.89. The summed E-state index contributed by atoms with van der Waals surface area (Å²) in [6.07, 6.45) is 1.25. The fourth-order valence-electron chi connectivity index (χ4n) is 0.957. The van der Waals surface area contributed by atoms with E-state index in [0.717, 1.165) is 0 Å². The van der Waals surface area contributed by atoms with Crippen molar-refractivity contribution in [3.8, 4) is 0 Å². The van der Waals surface area contributed by atoms with Crippen LogP contribution in [0, 0.1) is 0 Å². The van der Waals surface area contributed by atoms with Gasteiger partial charge in [-0.1, -0.05) is 13.8 Å². The maximum Gasteiger partial charge on any atom is 0.270 e. The minimum Gasteiger partial charge on any atom is -0.344 e. The Kier molecular flexibility index (Phi) is 7.67. The van der Waals surface area contributed by atoms with Crippen LogP contribution in [0.2, 0.25) is 0 Å². The molecule has 0 aromatic heterocycles. The van der Waals surface area contributed by atoms with Gasteiger partial charge in [0.2, 0.25) is 0 Å². The molecule has 0 aliphatic carbocycles. The molecule has 0 amide bonds. The lowest BCUT2D eigenvalue weighted by Gasteiger charge is -2.11. The van der Waals surface area contributed by atoms with Crippen molar-refractivity contribution in [2.24, 2.45) is 0 Å². The SMILES string of the molecule is CCOS(=O)(=O)C(CC)CC.N. The molecular formula is C7H19NO3S. The van der Waals surface area contributed by atoms with Gasteiger partial charge in [0.05, 0.1) is 11.9 Å². The Morgan fingerprint density at radius 2 is 1.58 bits per heavy atom. The summed E-state index contributed by atoms with van der Waals surface area (Å²) < 4.78 is 27.0. The van der Waals surface area contributed by atoms with Gasteiger partial charge >= 0.3 is 0 Å². The minimum absolute atomic E-state index is 0. The average molecular weight is 197 g/mol. The van der Waals surface area contributed by atoms with E-state index in [1.54, 1.807) is 6.92 Å². The van der Waals surface area contributed by atoms with Crippen molar-refractivity contribution in [3.05, 3.63) is 0 Å². The lowest BCUT2D eigenvalue weighted by atomic mass is 10.3. The van der Waals surface area contributed by atoms with E-state index in [0.29, 0.717) is 12.8 Å². The van der Waals surface area contributed by atoms with E-state index < -0.39 is 10.1 Å². The highest BCUT2D eigenvalue weighted by Crippen LogP contribution is 2.11. The topological polar surface area (TPSA) is 78.4 Å². The Morgan fingerprint density at radius 3 is 1.83 bits per heavy atom. The van der Waals surface area contributed by atoms with E-state index in [-0.39, 0.29) is 18.0 Å². The molecule has 12 heavy (non-hydrogen) atoms. The van der Waals surface area contributed by atoms with Crippen LogP contribution in [-0.2, 0) is 14.3 Å². The molecule has 0 aliphatic rings. The summed E-state index contributed by atoms with van der Waals surface area (Å²) >= 11 is 0. The molecule has 0 fully saturated rings. The molecule has 0 bridgehead atoms. The second kappa shape index (κ2) is 6.39. The lowest BCUT2D eigenvalue weighted by Crippen LogP contribution is -2.21. The van der Waals surface area contributed by atoms with Crippen molar-refractivity contribution in [1.29, 1.82) is 0 Å². The summed E-state index contributed by atoms with van der Waals surface area (Å²) in [4.78, 5) is 0. The zero-order valence-electron chi connectivity index (χ0n) is 8.04. The Morgan fingerprint density at radius 1 is 1.17 bits per heavy atom. The molecule has 0 aliphatic heterocycles. The lowest BCUT2D eigenvalue weighted by molar-refractivity contribution is 0.328. The summed E-state index contributed by atoms with van der Waals surface area (Å²) in [5, 5.41) is -0.331. The molecule has 76 valence electrons. The molecule has 3 N–H and O–H groups in total. The molecule has 0 saturated heterocycles. The number of rotatable bonds is 5. The Hall–Kier alpha value is -0.130. The highest BCUT2D eigenvalue weighted by Gasteiger charge is 2.21. The maximum atomic E-state index is 11.2. The molecule has 0 radical (unpaired) electrons. The third kappa shape index (κ3) is 4.04. The van der Waals surface area contributed by atoms with Gasteiger partial charge in [0.15, 0.2) is 0 Å². The second-order valence-electron chi connectivity index (χ2n) is 2.34. The van der Waals surface area contributed by atoms with Crippen molar-refractivity contribution < 1.29 is 12.6 Å². The molecule has 0 rings (SSSR count). The van der Waals surface area contributed by atoms with E-state index in [1.807, 2.05) is 13.8 Å². The minimum atomic E-state index is -3.27.